The minimum atomic E-state index is -4.05. The van der Waals surface area contributed by atoms with Crippen LogP contribution in [0.4, 0.5) is 17.1 Å². The van der Waals surface area contributed by atoms with E-state index in [4.69, 9.17) is 27.9 Å². The van der Waals surface area contributed by atoms with Gasteiger partial charge in [-0.1, -0.05) is 83.4 Å². The third-order valence-electron chi connectivity index (χ3n) is 7.69. The molecule has 0 aliphatic carbocycles. The Morgan fingerprint density at radius 3 is 2.24 bits per heavy atom. The monoisotopic (exact) mass is 657 g/mol. The van der Waals surface area contributed by atoms with Crippen LogP contribution in [-0.4, -0.2) is 21.4 Å². The summed E-state index contributed by atoms with van der Waals surface area (Å²) in [7, 11) is -2.51. The van der Waals surface area contributed by atoms with Crippen LogP contribution in [0, 0.1) is 6.92 Å². The number of carbonyl (C=O) groups is 1. The highest BCUT2D eigenvalue weighted by atomic mass is 35.5. The largest absolute Gasteiger partial charge is 0.497 e. The number of methoxy groups -OCH3 is 1. The highest BCUT2D eigenvalue weighted by Crippen LogP contribution is 2.45. The molecule has 228 valence electrons. The first kappa shape index (κ1) is 30.5. The molecular weight excluding hydrogens is 629 g/mol. The Hall–Kier alpha value is -4.50. The minimum absolute atomic E-state index is 0.0480. The number of aryl methyl sites for hydroxylation is 1. The van der Waals surface area contributed by atoms with Crippen LogP contribution in [0.15, 0.2) is 120 Å². The van der Waals surface area contributed by atoms with Gasteiger partial charge in [-0.2, -0.15) is 0 Å². The van der Waals surface area contributed by atoms with Gasteiger partial charge in [-0.15, -0.1) is 0 Å². The zero-order valence-corrected chi connectivity index (χ0v) is 26.8. The maximum Gasteiger partial charge on any atom is 0.262 e. The molecular formula is C35H29Cl2N3O4S. The Morgan fingerprint density at radius 2 is 1.56 bits per heavy atom. The van der Waals surface area contributed by atoms with Crippen molar-refractivity contribution >= 4 is 56.2 Å². The summed E-state index contributed by atoms with van der Waals surface area (Å²) in [6, 6.07) is 34.0. The molecule has 0 spiro atoms. The third-order valence-corrected chi connectivity index (χ3v) is 9.90. The van der Waals surface area contributed by atoms with E-state index in [-0.39, 0.29) is 16.4 Å². The number of anilines is 3. The summed E-state index contributed by atoms with van der Waals surface area (Å²) in [5, 5.41) is 0.695. The number of fused-ring (bicyclic) bond motifs is 1. The van der Waals surface area contributed by atoms with Crippen molar-refractivity contribution in [3.63, 3.8) is 0 Å². The van der Waals surface area contributed by atoms with Crippen molar-refractivity contribution in [1.29, 1.82) is 0 Å². The smallest absolute Gasteiger partial charge is 0.262 e. The predicted octanol–water partition coefficient (Wildman–Crippen LogP) is 8.48. The summed E-state index contributed by atoms with van der Waals surface area (Å²) in [6.45, 7) is 2.37. The van der Waals surface area contributed by atoms with Gasteiger partial charge in [0.2, 0.25) is 0 Å². The molecule has 1 heterocycles. The Kier molecular flexibility index (Phi) is 8.46. The Balaban J connectivity index is 1.52. The number of hydrogen-bond donors (Lipinski definition) is 1. The second-order valence-corrected chi connectivity index (χ2v) is 13.1. The molecule has 1 aliphatic rings. The summed E-state index contributed by atoms with van der Waals surface area (Å²) in [5.41, 5.74) is 4.44. The summed E-state index contributed by atoms with van der Waals surface area (Å²) in [5.74, 6) is 0.224. The normalized spacial score (nSPS) is 14.7. The van der Waals surface area contributed by atoms with Crippen LogP contribution in [0.1, 0.15) is 33.2 Å². The number of nitrogens with zero attached hydrogens (tertiary/aromatic N) is 2. The van der Waals surface area contributed by atoms with E-state index in [9.17, 15) is 13.2 Å². The Labute approximate surface area is 272 Å². The van der Waals surface area contributed by atoms with Gasteiger partial charge < -0.3 is 9.64 Å². The zero-order valence-electron chi connectivity index (χ0n) is 24.4. The molecule has 7 nitrogen and oxygen atoms in total. The topological polar surface area (TPSA) is 78.9 Å². The van der Waals surface area contributed by atoms with Gasteiger partial charge in [-0.05, 0) is 73.2 Å². The molecule has 0 bridgehead atoms. The molecule has 0 saturated carbocycles. The van der Waals surface area contributed by atoms with Crippen molar-refractivity contribution in [3.05, 3.63) is 148 Å². The number of halogens is 2. The Bertz CT molecular complexity index is 1970. The van der Waals surface area contributed by atoms with E-state index in [1.54, 1.807) is 47.4 Å². The predicted molar refractivity (Wildman–Crippen MR) is 180 cm³/mol. The van der Waals surface area contributed by atoms with E-state index in [1.807, 2.05) is 67.6 Å². The van der Waals surface area contributed by atoms with Gasteiger partial charge >= 0.3 is 0 Å². The molecule has 45 heavy (non-hydrogen) atoms. The summed E-state index contributed by atoms with van der Waals surface area (Å²) < 4.78 is 34.9. The number of rotatable bonds is 8. The molecule has 0 fully saturated rings. The van der Waals surface area contributed by atoms with Gasteiger partial charge in [0.25, 0.3) is 15.9 Å². The first-order chi connectivity index (χ1) is 21.7. The first-order valence-electron chi connectivity index (χ1n) is 14.1. The van der Waals surface area contributed by atoms with Crippen LogP contribution in [0.5, 0.6) is 5.75 Å². The van der Waals surface area contributed by atoms with Crippen molar-refractivity contribution < 1.29 is 17.9 Å². The van der Waals surface area contributed by atoms with Gasteiger partial charge in [0.05, 0.1) is 33.3 Å². The number of nitrogens with one attached hydrogen (secondary N) is 1. The van der Waals surface area contributed by atoms with Crippen LogP contribution >= 0.6 is 23.2 Å². The van der Waals surface area contributed by atoms with Gasteiger partial charge in [-0.25, -0.2) is 8.42 Å². The first-order valence-corrected chi connectivity index (χ1v) is 16.4. The molecule has 1 amide bonds. The lowest BCUT2D eigenvalue weighted by Gasteiger charge is -2.46. The number of sulfonamides is 1. The third kappa shape index (κ3) is 6.09. The molecule has 0 radical (unpaired) electrons. The van der Waals surface area contributed by atoms with Crippen molar-refractivity contribution in [2.24, 2.45) is 0 Å². The lowest BCUT2D eigenvalue weighted by atomic mass is 9.98. The van der Waals surface area contributed by atoms with E-state index in [1.165, 1.54) is 19.2 Å². The molecule has 0 saturated heterocycles. The van der Waals surface area contributed by atoms with Crippen molar-refractivity contribution in [2.45, 2.75) is 24.5 Å². The lowest BCUT2D eigenvalue weighted by molar-refractivity contribution is 0.0968. The lowest BCUT2D eigenvalue weighted by Crippen LogP contribution is -2.49. The summed E-state index contributed by atoms with van der Waals surface area (Å²) in [4.78, 5) is 18.2. The fourth-order valence-electron chi connectivity index (χ4n) is 5.43. The molecule has 5 aromatic carbocycles. The second-order valence-electron chi connectivity index (χ2n) is 10.7. The number of ether oxygens (including phenoxy) is 1. The maximum absolute atomic E-state index is 14.6. The fourth-order valence-corrected chi connectivity index (χ4v) is 6.92. The average Bonchev–Trinajstić information content (AvgIpc) is 3.05. The number of carbonyl (C=O) groups excluding carboxylic acids is 1. The summed E-state index contributed by atoms with van der Waals surface area (Å²) >= 11 is 13.3. The van der Waals surface area contributed by atoms with Crippen LogP contribution < -0.4 is 19.3 Å². The average molecular weight is 659 g/mol. The molecule has 0 unspecified atom stereocenters. The highest BCUT2D eigenvalue weighted by Gasteiger charge is 2.41. The zero-order chi connectivity index (χ0) is 31.7. The van der Waals surface area contributed by atoms with Crippen molar-refractivity contribution in [2.75, 3.05) is 21.6 Å². The second kappa shape index (κ2) is 12.5. The van der Waals surface area contributed by atoms with Gasteiger partial charge in [0, 0.05) is 23.5 Å². The van der Waals surface area contributed by atoms with E-state index in [2.05, 4.69) is 9.62 Å². The van der Waals surface area contributed by atoms with E-state index in [0.717, 1.165) is 11.1 Å². The van der Waals surface area contributed by atoms with E-state index < -0.39 is 16.2 Å². The highest BCUT2D eigenvalue weighted by molar-refractivity contribution is 7.92. The molecule has 1 atom stereocenters. The molecule has 1 aliphatic heterocycles. The van der Waals surface area contributed by atoms with Crippen LogP contribution in [0.3, 0.4) is 0 Å². The van der Waals surface area contributed by atoms with Gasteiger partial charge in [0.15, 0.2) is 0 Å². The van der Waals surface area contributed by atoms with Crippen LogP contribution in [-0.2, 0) is 16.6 Å². The Morgan fingerprint density at radius 1 is 0.844 bits per heavy atom. The number of benzene rings is 5. The molecule has 0 aromatic heterocycles. The van der Waals surface area contributed by atoms with E-state index >= 15 is 0 Å². The molecule has 6 rings (SSSR count). The van der Waals surface area contributed by atoms with Crippen molar-refractivity contribution in [1.82, 2.24) is 0 Å². The van der Waals surface area contributed by atoms with Crippen LogP contribution in [0.25, 0.3) is 0 Å². The molecule has 1 N–H and O–H groups in total. The van der Waals surface area contributed by atoms with Crippen LogP contribution in [0.2, 0.25) is 10.0 Å². The number of hydrogen-bond acceptors (Lipinski definition) is 5. The van der Waals surface area contributed by atoms with Crippen molar-refractivity contribution in [3.8, 4) is 5.75 Å². The molecule has 5 aromatic rings. The quantitative estimate of drug-likeness (QED) is 0.181. The maximum atomic E-state index is 14.6. The standard InChI is InChI=1S/C35H29Cl2N3O4S/c1-23-11-15-26(16-12-23)40-34(29-9-6-10-31(36)33(29)37)39(22-24-7-4-3-5-8-24)32-20-19-28(21-30(32)35(40)41)45(42,43)38-25-13-17-27(44-2)18-14-25/h3-21,34,38H,22H2,1-2H3/t34-/m1/s1. The van der Waals surface area contributed by atoms with Gasteiger partial charge in [0.1, 0.15) is 11.9 Å². The van der Waals surface area contributed by atoms with E-state index in [0.29, 0.717) is 45.0 Å². The number of amides is 1. The molecule has 10 heteroatoms. The fraction of sp³-hybridized carbons (Fsp3) is 0.114. The summed E-state index contributed by atoms with van der Waals surface area (Å²) in [6.07, 6.45) is -0.695. The minimum Gasteiger partial charge on any atom is -0.497 e. The SMILES string of the molecule is COc1ccc(NS(=O)(=O)c2ccc3c(c2)C(=O)N(c2ccc(C)cc2)[C@H](c2cccc(Cl)c2Cl)N3Cc2ccccc2)cc1. The van der Waals surface area contributed by atoms with Gasteiger partial charge in [-0.3, -0.25) is 14.4 Å².